The van der Waals surface area contributed by atoms with Crippen molar-refractivity contribution >= 4 is 0 Å². The molecule has 0 rings (SSSR count). The fourth-order valence-corrected chi connectivity index (χ4v) is 0.573. The van der Waals surface area contributed by atoms with Crippen molar-refractivity contribution in [2.75, 3.05) is 0 Å². The Hall–Kier alpha value is -0.660. The topological polar surface area (TPSA) is 0 Å². The van der Waals surface area contributed by atoms with Crippen LogP contribution in [-0.2, 0) is 0 Å². The molecule has 2 heteroatoms. The minimum atomic E-state index is -2.41. The highest BCUT2D eigenvalue weighted by atomic mass is 19.3. The summed E-state index contributed by atoms with van der Waals surface area (Å²) >= 11 is 0. The predicted molar refractivity (Wildman–Crippen MR) is 43.7 cm³/mol. The minimum absolute atomic E-state index is 0.0382. The van der Waals surface area contributed by atoms with Crippen LogP contribution in [0.1, 0.15) is 20.3 Å². The van der Waals surface area contributed by atoms with E-state index in [-0.39, 0.29) is 17.9 Å². The third kappa shape index (κ3) is 3.91. The zero-order valence-electron chi connectivity index (χ0n) is 7.03. The molecule has 0 unspecified atom stereocenters. The summed E-state index contributed by atoms with van der Waals surface area (Å²) in [6.45, 7) is 10.8. The van der Waals surface area contributed by atoms with E-state index in [1.165, 1.54) is 0 Å². The van der Waals surface area contributed by atoms with Gasteiger partial charge < -0.3 is 0 Å². The van der Waals surface area contributed by atoms with E-state index in [9.17, 15) is 8.78 Å². The van der Waals surface area contributed by atoms with Gasteiger partial charge in [-0.1, -0.05) is 32.6 Å². The quantitative estimate of drug-likeness (QED) is 0.553. The number of hydrogen-bond donors (Lipinski definition) is 0. The lowest BCUT2D eigenvalue weighted by Gasteiger charge is -2.10. The smallest absolute Gasteiger partial charge is 0.205 e. The van der Waals surface area contributed by atoms with Gasteiger partial charge in [0.05, 0.1) is 0 Å². The van der Waals surface area contributed by atoms with Crippen LogP contribution in [0.5, 0.6) is 0 Å². The van der Waals surface area contributed by atoms with Gasteiger partial charge in [-0.3, -0.25) is 0 Å². The molecule has 0 saturated heterocycles. The minimum Gasteiger partial charge on any atom is -0.205 e. The first-order chi connectivity index (χ1) is 4.95. The third-order valence-electron chi connectivity index (χ3n) is 1.58. The van der Waals surface area contributed by atoms with E-state index in [0.717, 1.165) is 5.57 Å². The molecule has 0 aliphatic carbocycles. The Labute approximate surface area is 66.6 Å². The highest BCUT2D eigenvalue weighted by Crippen LogP contribution is 2.19. The number of rotatable bonds is 4. The maximum absolute atomic E-state index is 11.9. The molecule has 0 heterocycles. The fraction of sp³-hybridized carbons (Fsp3) is 0.556. The van der Waals surface area contributed by atoms with Gasteiger partial charge in [-0.05, 0) is 17.9 Å². The normalized spacial score (nSPS) is 10.7. The Morgan fingerprint density at radius 3 is 1.91 bits per heavy atom. The van der Waals surface area contributed by atoms with Crippen molar-refractivity contribution < 1.29 is 8.78 Å². The number of allylic oxidation sites excluding steroid dienone is 2. The van der Waals surface area contributed by atoms with E-state index >= 15 is 0 Å². The van der Waals surface area contributed by atoms with Crippen molar-refractivity contribution in [1.29, 1.82) is 0 Å². The second-order valence-corrected chi connectivity index (χ2v) is 2.95. The van der Waals surface area contributed by atoms with Crippen LogP contribution < -0.4 is 0 Å². The summed E-state index contributed by atoms with van der Waals surface area (Å²) < 4.78 is 23.8. The molecule has 0 amide bonds. The van der Waals surface area contributed by atoms with E-state index in [0.29, 0.717) is 0 Å². The molecule has 0 bridgehead atoms. The van der Waals surface area contributed by atoms with Crippen molar-refractivity contribution in [2.45, 2.75) is 26.7 Å². The fourth-order valence-electron chi connectivity index (χ4n) is 0.573. The van der Waals surface area contributed by atoms with Gasteiger partial charge in [0.2, 0.25) is 0 Å². The monoisotopic (exact) mass is 160 g/mol. The molecule has 0 aromatic carbocycles. The molecular formula is C9H14F2. The first-order valence-electron chi connectivity index (χ1n) is 3.58. The van der Waals surface area contributed by atoms with Crippen molar-refractivity contribution in [1.82, 2.24) is 0 Å². The molecule has 0 atom stereocenters. The zero-order valence-corrected chi connectivity index (χ0v) is 7.03. The van der Waals surface area contributed by atoms with Gasteiger partial charge in [0, 0.05) is 0 Å². The Bertz CT molecular complexity index is 139. The average Bonchev–Trinajstić information content (AvgIpc) is 1.87. The van der Waals surface area contributed by atoms with Crippen LogP contribution in [-0.4, -0.2) is 6.43 Å². The molecule has 0 fully saturated rings. The van der Waals surface area contributed by atoms with Gasteiger partial charge in [0.15, 0.2) is 0 Å². The summed E-state index contributed by atoms with van der Waals surface area (Å²) in [4.78, 5) is 0. The Balaban J connectivity index is 3.86. The molecule has 64 valence electrons. The standard InChI is InChI=1S/C9H14F2/c1-6(2)7(3)5-8(4)9(10)11/h6,9H,3-5H2,1-2H3. The van der Waals surface area contributed by atoms with Crippen LogP contribution in [0.15, 0.2) is 24.3 Å². The van der Waals surface area contributed by atoms with Crippen LogP contribution in [0.3, 0.4) is 0 Å². The van der Waals surface area contributed by atoms with Gasteiger partial charge in [-0.15, -0.1) is 0 Å². The number of alkyl halides is 2. The van der Waals surface area contributed by atoms with Crippen LogP contribution >= 0.6 is 0 Å². The van der Waals surface area contributed by atoms with Crippen LogP contribution in [0.25, 0.3) is 0 Å². The van der Waals surface area contributed by atoms with E-state index < -0.39 is 6.43 Å². The molecular weight excluding hydrogens is 146 g/mol. The first-order valence-corrected chi connectivity index (χ1v) is 3.58. The third-order valence-corrected chi connectivity index (χ3v) is 1.58. The number of halogens is 2. The largest absolute Gasteiger partial charge is 0.259 e. The zero-order chi connectivity index (χ0) is 9.02. The Kier molecular flexibility index (Phi) is 4.01. The SMILES string of the molecule is C=C(CC(=C)C(F)F)C(C)C. The molecule has 0 nitrogen and oxygen atoms in total. The number of hydrogen-bond acceptors (Lipinski definition) is 0. The first kappa shape index (κ1) is 10.3. The molecule has 0 aromatic heterocycles. The van der Waals surface area contributed by atoms with E-state index in [1.807, 2.05) is 13.8 Å². The van der Waals surface area contributed by atoms with Crippen LogP contribution in [0.2, 0.25) is 0 Å². The van der Waals surface area contributed by atoms with Crippen molar-refractivity contribution in [3.63, 3.8) is 0 Å². The highest BCUT2D eigenvalue weighted by molar-refractivity contribution is 5.12. The van der Waals surface area contributed by atoms with Gasteiger partial charge in [0.1, 0.15) is 0 Å². The van der Waals surface area contributed by atoms with Gasteiger partial charge in [-0.25, -0.2) is 8.78 Å². The maximum Gasteiger partial charge on any atom is 0.259 e. The molecule has 11 heavy (non-hydrogen) atoms. The highest BCUT2D eigenvalue weighted by Gasteiger charge is 2.10. The van der Waals surface area contributed by atoms with Gasteiger partial charge in [0.25, 0.3) is 6.43 Å². The molecule has 0 saturated carbocycles. The predicted octanol–water partition coefficient (Wildman–Crippen LogP) is 3.41. The summed E-state index contributed by atoms with van der Waals surface area (Å²) in [7, 11) is 0. The van der Waals surface area contributed by atoms with Crippen molar-refractivity contribution in [3.05, 3.63) is 24.3 Å². The lowest BCUT2D eigenvalue weighted by atomic mass is 9.98. The molecule has 0 aliphatic rings. The maximum atomic E-state index is 11.9. The van der Waals surface area contributed by atoms with Gasteiger partial charge >= 0.3 is 0 Å². The summed E-state index contributed by atoms with van der Waals surface area (Å²) in [5.41, 5.74) is 0.777. The Morgan fingerprint density at radius 1 is 1.18 bits per heavy atom. The average molecular weight is 160 g/mol. The van der Waals surface area contributed by atoms with E-state index in [2.05, 4.69) is 13.2 Å². The van der Waals surface area contributed by atoms with Crippen molar-refractivity contribution in [3.8, 4) is 0 Å². The molecule has 0 aliphatic heterocycles. The molecule has 0 radical (unpaired) electrons. The summed E-state index contributed by atoms with van der Waals surface area (Å²) in [5, 5.41) is 0. The van der Waals surface area contributed by atoms with Gasteiger partial charge in [-0.2, -0.15) is 0 Å². The Morgan fingerprint density at radius 2 is 1.64 bits per heavy atom. The second-order valence-electron chi connectivity index (χ2n) is 2.95. The van der Waals surface area contributed by atoms with Crippen molar-refractivity contribution in [2.24, 2.45) is 5.92 Å². The second kappa shape index (κ2) is 4.27. The summed E-state index contributed by atoms with van der Waals surface area (Å²) in [6.07, 6.45) is -2.17. The summed E-state index contributed by atoms with van der Waals surface area (Å²) in [6, 6.07) is 0. The molecule has 0 aromatic rings. The lowest BCUT2D eigenvalue weighted by Crippen LogP contribution is -2.00. The van der Waals surface area contributed by atoms with Crippen LogP contribution in [0, 0.1) is 5.92 Å². The lowest BCUT2D eigenvalue weighted by molar-refractivity contribution is 0.187. The molecule has 0 N–H and O–H groups in total. The van der Waals surface area contributed by atoms with E-state index in [4.69, 9.17) is 0 Å². The summed E-state index contributed by atoms with van der Waals surface area (Å²) in [5.74, 6) is 0.255. The van der Waals surface area contributed by atoms with Crippen LogP contribution in [0.4, 0.5) is 8.78 Å². The van der Waals surface area contributed by atoms with E-state index in [1.54, 1.807) is 0 Å². The molecule has 0 spiro atoms.